The monoisotopic (exact) mass is 380 g/mol. The van der Waals surface area contributed by atoms with Gasteiger partial charge in [-0.05, 0) is 37.1 Å². The van der Waals surface area contributed by atoms with Crippen LogP contribution in [0.25, 0.3) is 0 Å². The van der Waals surface area contributed by atoms with Crippen LogP contribution in [-0.2, 0) is 11.3 Å². The summed E-state index contributed by atoms with van der Waals surface area (Å²) in [5, 5.41) is 0. The van der Waals surface area contributed by atoms with Gasteiger partial charge in [0.2, 0.25) is 0 Å². The van der Waals surface area contributed by atoms with Crippen LogP contribution in [0.3, 0.4) is 0 Å². The molecule has 0 saturated carbocycles. The van der Waals surface area contributed by atoms with Crippen LogP contribution in [0.15, 0.2) is 48.7 Å². The molecule has 0 bridgehead atoms. The number of hydrogen-bond donors (Lipinski definition) is 0. The van der Waals surface area contributed by atoms with Gasteiger partial charge in [0.15, 0.2) is 0 Å². The molecule has 28 heavy (non-hydrogen) atoms. The zero-order valence-electron chi connectivity index (χ0n) is 16.5. The van der Waals surface area contributed by atoms with Gasteiger partial charge in [0, 0.05) is 38.9 Å². The minimum atomic E-state index is -0.241. The van der Waals surface area contributed by atoms with E-state index in [9.17, 15) is 4.79 Å². The number of amides is 1. The Kier molecular flexibility index (Phi) is 5.76. The van der Waals surface area contributed by atoms with Crippen LogP contribution in [0.4, 0.5) is 10.6 Å². The Morgan fingerprint density at radius 3 is 2.57 bits per heavy atom. The highest BCUT2D eigenvalue weighted by atomic mass is 16.6. The van der Waals surface area contributed by atoms with Crippen LogP contribution < -0.4 is 4.90 Å². The molecule has 2 saturated heterocycles. The van der Waals surface area contributed by atoms with Crippen molar-refractivity contribution in [1.82, 2.24) is 14.8 Å². The van der Waals surface area contributed by atoms with Gasteiger partial charge in [-0.3, -0.25) is 0 Å². The molecule has 1 aromatic carbocycles. The van der Waals surface area contributed by atoms with Gasteiger partial charge >= 0.3 is 6.09 Å². The molecule has 6 heteroatoms. The summed E-state index contributed by atoms with van der Waals surface area (Å²) in [6.07, 6.45) is 3.64. The van der Waals surface area contributed by atoms with E-state index >= 15 is 0 Å². The summed E-state index contributed by atoms with van der Waals surface area (Å²) in [4.78, 5) is 23.8. The van der Waals surface area contributed by atoms with Gasteiger partial charge in [-0.15, -0.1) is 0 Å². The van der Waals surface area contributed by atoms with Gasteiger partial charge in [-0.25, -0.2) is 9.78 Å². The molecule has 0 radical (unpaired) electrons. The Balaban J connectivity index is 1.38. The first-order chi connectivity index (χ1) is 13.7. The molecule has 0 spiro atoms. The van der Waals surface area contributed by atoms with E-state index in [1.54, 1.807) is 0 Å². The third-order valence-electron chi connectivity index (χ3n) is 5.68. The second kappa shape index (κ2) is 8.61. The molecule has 4 rings (SSSR count). The first kappa shape index (κ1) is 18.7. The van der Waals surface area contributed by atoms with E-state index in [-0.39, 0.29) is 12.1 Å². The maximum atomic E-state index is 12.6. The SMILES string of the molecule is CN1CCN(c2ccc(C3CCCN3C(=O)OCc3ccccc3)cn2)CC1. The van der Waals surface area contributed by atoms with Crippen LogP contribution in [0, 0.1) is 0 Å². The van der Waals surface area contributed by atoms with E-state index in [1.165, 1.54) is 0 Å². The number of likely N-dealkylation sites (N-methyl/N-ethyl adjacent to an activating group) is 1. The zero-order chi connectivity index (χ0) is 19.3. The molecule has 148 valence electrons. The van der Waals surface area contributed by atoms with Crippen molar-refractivity contribution in [2.45, 2.75) is 25.5 Å². The molecule has 3 heterocycles. The molecular formula is C22H28N4O2. The summed E-state index contributed by atoms with van der Waals surface area (Å²) in [7, 11) is 2.15. The maximum absolute atomic E-state index is 12.6. The molecule has 1 aromatic heterocycles. The number of benzene rings is 1. The summed E-state index contributed by atoms with van der Waals surface area (Å²) in [5.41, 5.74) is 2.09. The minimum absolute atomic E-state index is 0.0531. The molecule has 1 unspecified atom stereocenters. The molecule has 2 aromatic rings. The number of ether oxygens (including phenoxy) is 1. The van der Waals surface area contributed by atoms with Crippen molar-refractivity contribution in [1.29, 1.82) is 0 Å². The van der Waals surface area contributed by atoms with Crippen LogP contribution >= 0.6 is 0 Å². The van der Waals surface area contributed by atoms with Crippen LogP contribution in [0.1, 0.15) is 30.0 Å². The van der Waals surface area contributed by atoms with Gasteiger partial charge < -0.3 is 19.4 Å². The van der Waals surface area contributed by atoms with Crippen LogP contribution in [0.2, 0.25) is 0 Å². The second-order valence-electron chi connectivity index (χ2n) is 7.63. The van der Waals surface area contributed by atoms with Gasteiger partial charge in [0.1, 0.15) is 12.4 Å². The van der Waals surface area contributed by atoms with E-state index in [1.807, 2.05) is 41.4 Å². The highest BCUT2D eigenvalue weighted by Crippen LogP contribution is 2.32. The van der Waals surface area contributed by atoms with E-state index in [0.29, 0.717) is 6.61 Å². The predicted molar refractivity (Wildman–Crippen MR) is 109 cm³/mol. The van der Waals surface area contributed by atoms with Gasteiger partial charge in [0.25, 0.3) is 0 Å². The average Bonchev–Trinajstić information content (AvgIpc) is 3.23. The first-order valence-electron chi connectivity index (χ1n) is 10.1. The number of nitrogens with zero attached hydrogens (tertiary/aromatic N) is 4. The Bertz CT molecular complexity index is 773. The van der Waals surface area contributed by atoms with E-state index in [0.717, 1.165) is 62.5 Å². The Morgan fingerprint density at radius 2 is 1.86 bits per heavy atom. The number of hydrogen-bond acceptors (Lipinski definition) is 5. The quantitative estimate of drug-likeness (QED) is 0.815. The van der Waals surface area contributed by atoms with Crippen LogP contribution in [-0.4, -0.2) is 60.6 Å². The number of carbonyl (C=O) groups excluding carboxylic acids is 1. The second-order valence-corrected chi connectivity index (χ2v) is 7.63. The Hall–Kier alpha value is -2.60. The fourth-order valence-corrected chi connectivity index (χ4v) is 3.95. The van der Waals surface area contributed by atoms with E-state index < -0.39 is 0 Å². The highest BCUT2D eigenvalue weighted by Gasteiger charge is 2.31. The molecule has 0 aliphatic carbocycles. The number of piperazine rings is 1. The summed E-state index contributed by atoms with van der Waals surface area (Å²) in [5.74, 6) is 1.02. The van der Waals surface area contributed by atoms with Gasteiger partial charge in [-0.1, -0.05) is 36.4 Å². The number of likely N-dealkylation sites (tertiary alicyclic amines) is 1. The van der Waals surface area contributed by atoms with Crippen LogP contribution in [0.5, 0.6) is 0 Å². The van der Waals surface area contributed by atoms with Crippen molar-refractivity contribution in [2.24, 2.45) is 0 Å². The minimum Gasteiger partial charge on any atom is -0.445 e. The zero-order valence-corrected chi connectivity index (χ0v) is 16.5. The maximum Gasteiger partial charge on any atom is 0.410 e. The number of carbonyl (C=O) groups is 1. The van der Waals surface area contributed by atoms with E-state index in [2.05, 4.69) is 34.0 Å². The molecule has 1 atom stereocenters. The third kappa shape index (κ3) is 4.28. The van der Waals surface area contributed by atoms with Crippen molar-refractivity contribution in [3.8, 4) is 0 Å². The average molecular weight is 380 g/mol. The third-order valence-corrected chi connectivity index (χ3v) is 5.68. The Labute approximate surface area is 166 Å². The van der Waals surface area contributed by atoms with Crippen molar-refractivity contribution in [3.63, 3.8) is 0 Å². The van der Waals surface area contributed by atoms with Gasteiger partial charge in [-0.2, -0.15) is 0 Å². The largest absolute Gasteiger partial charge is 0.445 e. The number of pyridine rings is 1. The van der Waals surface area contributed by atoms with Crippen molar-refractivity contribution < 1.29 is 9.53 Å². The number of aromatic nitrogens is 1. The lowest BCUT2D eigenvalue weighted by molar-refractivity contribution is 0.0920. The smallest absolute Gasteiger partial charge is 0.410 e. The highest BCUT2D eigenvalue weighted by molar-refractivity contribution is 5.68. The molecule has 1 amide bonds. The van der Waals surface area contributed by atoms with Crippen molar-refractivity contribution in [3.05, 3.63) is 59.8 Å². The molecule has 2 aliphatic rings. The number of anilines is 1. The molecule has 6 nitrogen and oxygen atoms in total. The number of rotatable bonds is 4. The van der Waals surface area contributed by atoms with Crippen molar-refractivity contribution >= 4 is 11.9 Å². The lowest BCUT2D eigenvalue weighted by Gasteiger charge is -2.33. The first-order valence-corrected chi connectivity index (χ1v) is 10.1. The summed E-state index contributed by atoms with van der Waals surface area (Å²) in [6.45, 7) is 5.18. The molecule has 2 aliphatic heterocycles. The fraction of sp³-hybridized carbons (Fsp3) is 0.455. The summed E-state index contributed by atoms with van der Waals surface area (Å²) in [6, 6.07) is 14.1. The van der Waals surface area contributed by atoms with Crippen molar-refractivity contribution in [2.75, 3.05) is 44.7 Å². The standard InChI is InChI=1S/C22H28N4O2/c1-24-12-14-25(15-13-24)21-10-9-19(16-23-21)20-8-5-11-26(20)22(27)28-17-18-6-3-2-4-7-18/h2-4,6-7,9-10,16,20H,5,8,11-15,17H2,1H3. The normalized spacial score (nSPS) is 20.4. The Morgan fingerprint density at radius 1 is 1.07 bits per heavy atom. The lowest BCUT2D eigenvalue weighted by atomic mass is 10.1. The molecule has 0 N–H and O–H groups in total. The van der Waals surface area contributed by atoms with Gasteiger partial charge in [0.05, 0.1) is 6.04 Å². The fourth-order valence-electron chi connectivity index (χ4n) is 3.95. The predicted octanol–water partition coefficient (Wildman–Crippen LogP) is 3.31. The molecule has 2 fully saturated rings. The summed E-state index contributed by atoms with van der Waals surface area (Å²) >= 11 is 0. The summed E-state index contributed by atoms with van der Waals surface area (Å²) < 4.78 is 5.55. The topological polar surface area (TPSA) is 48.9 Å². The molecular weight excluding hydrogens is 352 g/mol. The lowest BCUT2D eigenvalue weighted by Crippen LogP contribution is -2.44. The van der Waals surface area contributed by atoms with E-state index in [4.69, 9.17) is 4.74 Å².